The third-order valence-electron chi connectivity index (χ3n) is 2.86. The minimum Gasteiger partial charge on any atom is -0.497 e. The third kappa shape index (κ3) is 2.33. The topological polar surface area (TPSA) is 64.4 Å². The lowest BCUT2D eigenvalue weighted by Gasteiger charge is -2.04. The molecule has 5 nitrogen and oxygen atoms in total. The Kier molecular flexibility index (Phi) is 3.09. The van der Waals surface area contributed by atoms with Gasteiger partial charge in [-0.05, 0) is 36.4 Å². The van der Waals surface area contributed by atoms with Gasteiger partial charge in [-0.15, -0.1) is 0 Å². The van der Waals surface area contributed by atoms with Crippen LogP contribution in [0.25, 0.3) is 11.1 Å². The SMILES string of the molecule is COc1ccc(NC(=O)c2cc3ncccc3o2)cc1. The number of nitrogens with zero attached hydrogens (tertiary/aromatic N) is 1. The zero-order valence-electron chi connectivity index (χ0n) is 10.8. The first-order valence-electron chi connectivity index (χ1n) is 6.06. The predicted molar refractivity (Wildman–Crippen MR) is 75.0 cm³/mol. The van der Waals surface area contributed by atoms with Crippen molar-refractivity contribution in [3.05, 3.63) is 54.4 Å². The number of methoxy groups -OCH3 is 1. The predicted octanol–water partition coefficient (Wildman–Crippen LogP) is 3.09. The molecule has 5 heteroatoms. The first-order chi connectivity index (χ1) is 9.76. The molecule has 2 aromatic heterocycles. The van der Waals surface area contributed by atoms with Crippen LogP contribution in [-0.4, -0.2) is 18.0 Å². The summed E-state index contributed by atoms with van der Waals surface area (Å²) in [6.45, 7) is 0. The summed E-state index contributed by atoms with van der Waals surface area (Å²) in [6, 6.07) is 12.2. The molecule has 0 spiro atoms. The number of benzene rings is 1. The summed E-state index contributed by atoms with van der Waals surface area (Å²) in [5.41, 5.74) is 1.92. The van der Waals surface area contributed by atoms with Crippen molar-refractivity contribution in [2.75, 3.05) is 12.4 Å². The molecule has 0 bridgehead atoms. The number of hydrogen-bond donors (Lipinski definition) is 1. The van der Waals surface area contributed by atoms with Gasteiger partial charge in [0.05, 0.1) is 7.11 Å². The van der Waals surface area contributed by atoms with E-state index in [1.54, 1.807) is 55.8 Å². The lowest BCUT2D eigenvalue weighted by atomic mass is 10.3. The Labute approximate surface area is 115 Å². The normalized spacial score (nSPS) is 10.4. The molecule has 0 unspecified atom stereocenters. The highest BCUT2D eigenvalue weighted by Crippen LogP contribution is 2.19. The van der Waals surface area contributed by atoms with Crippen LogP contribution >= 0.6 is 0 Å². The maximum absolute atomic E-state index is 12.1. The van der Waals surface area contributed by atoms with E-state index in [9.17, 15) is 4.79 Å². The zero-order valence-corrected chi connectivity index (χ0v) is 10.8. The van der Waals surface area contributed by atoms with Gasteiger partial charge in [-0.1, -0.05) is 0 Å². The molecule has 0 saturated carbocycles. The zero-order chi connectivity index (χ0) is 13.9. The van der Waals surface area contributed by atoms with E-state index in [1.807, 2.05) is 0 Å². The molecular weight excluding hydrogens is 256 g/mol. The van der Waals surface area contributed by atoms with Crippen molar-refractivity contribution in [1.82, 2.24) is 4.98 Å². The van der Waals surface area contributed by atoms with Gasteiger partial charge in [0, 0.05) is 18.0 Å². The van der Waals surface area contributed by atoms with Crippen LogP contribution in [0.1, 0.15) is 10.6 Å². The Morgan fingerprint density at radius 1 is 1.25 bits per heavy atom. The average molecular weight is 268 g/mol. The highest BCUT2D eigenvalue weighted by Gasteiger charge is 2.12. The molecule has 100 valence electrons. The molecule has 1 amide bonds. The van der Waals surface area contributed by atoms with Crippen LogP contribution in [0.2, 0.25) is 0 Å². The van der Waals surface area contributed by atoms with Gasteiger partial charge in [0.2, 0.25) is 0 Å². The van der Waals surface area contributed by atoms with Crippen LogP contribution in [0, 0.1) is 0 Å². The van der Waals surface area contributed by atoms with Crippen molar-refractivity contribution in [2.45, 2.75) is 0 Å². The summed E-state index contributed by atoms with van der Waals surface area (Å²) in [4.78, 5) is 16.2. The summed E-state index contributed by atoms with van der Waals surface area (Å²) in [7, 11) is 1.59. The number of fused-ring (bicyclic) bond motifs is 1. The van der Waals surface area contributed by atoms with Crippen LogP contribution in [0.15, 0.2) is 53.1 Å². The second-order valence-corrected chi connectivity index (χ2v) is 4.18. The fraction of sp³-hybridized carbons (Fsp3) is 0.0667. The lowest BCUT2D eigenvalue weighted by Crippen LogP contribution is -2.10. The Morgan fingerprint density at radius 2 is 2.05 bits per heavy atom. The molecule has 0 aliphatic rings. The standard InChI is InChI=1S/C15H12N2O3/c1-19-11-6-4-10(5-7-11)17-15(18)14-9-12-13(20-14)3-2-8-16-12/h2-9H,1H3,(H,17,18). The van der Waals surface area contributed by atoms with Crippen LogP contribution in [-0.2, 0) is 0 Å². The van der Waals surface area contributed by atoms with E-state index in [0.717, 1.165) is 5.75 Å². The van der Waals surface area contributed by atoms with Gasteiger partial charge in [-0.2, -0.15) is 0 Å². The molecular formula is C15H12N2O3. The number of amides is 1. The van der Waals surface area contributed by atoms with Crippen LogP contribution in [0.3, 0.4) is 0 Å². The van der Waals surface area contributed by atoms with Gasteiger partial charge in [-0.3, -0.25) is 9.78 Å². The van der Waals surface area contributed by atoms with Crippen molar-refractivity contribution in [2.24, 2.45) is 0 Å². The monoisotopic (exact) mass is 268 g/mol. The van der Waals surface area contributed by atoms with Gasteiger partial charge in [0.25, 0.3) is 5.91 Å². The number of carbonyl (C=O) groups is 1. The maximum atomic E-state index is 12.1. The number of nitrogens with one attached hydrogen (secondary N) is 1. The summed E-state index contributed by atoms with van der Waals surface area (Å²) in [5.74, 6) is 0.652. The van der Waals surface area contributed by atoms with Gasteiger partial charge in [-0.25, -0.2) is 0 Å². The van der Waals surface area contributed by atoms with E-state index in [1.165, 1.54) is 0 Å². The number of pyridine rings is 1. The third-order valence-corrected chi connectivity index (χ3v) is 2.86. The Morgan fingerprint density at radius 3 is 2.75 bits per heavy atom. The quantitative estimate of drug-likeness (QED) is 0.792. The van der Waals surface area contributed by atoms with E-state index in [0.29, 0.717) is 16.8 Å². The number of rotatable bonds is 3. The molecule has 0 saturated heterocycles. The van der Waals surface area contributed by atoms with E-state index in [-0.39, 0.29) is 11.7 Å². The Balaban J connectivity index is 1.81. The summed E-state index contributed by atoms with van der Waals surface area (Å²) in [5, 5.41) is 2.75. The molecule has 0 aliphatic carbocycles. The van der Waals surface area contributed by atoms with E-state index in [2.05, 4.69) is 10.3 Å². The van der Waals surface area contributed by atoms with Crippen molar-refractivity contribution >= 4 is 22.7 Å². The van der Waals surface area contributed by atoms with Gasteiger partial charge >= 0.3 is 0 Å². The Bertz CT molecular complexity index is 714. The van der Waals surface area contributed by atoms with E-state index < -0.39 is 0 Å². The molecule has 1 N–H and O–H groups in total. The molecule has 0 radical (unpaired) electrons. The number of hydrogen-bond acceptors (Lipinski definition) is 4. The molecule has 0 aliphatic heterocycles. The number of ether oxygens (including phenoxy) is 1. The number of anilines is 1. The van der Waals surface area contributed by atoms with Gasteiger partial charge in [0.15, 0.2) is 11.3 Å². The second kappa shape index (κ2) is 5.05. The molecule has 3 aromatic rings. The number of furan rings is 1. The molecule has 3 rings (SSSR count). The summed E-state index contributed by atoms with van der Waals surface area (Å²) in [6.07, 6.45) is 1.66. The van der Waals surface area contributed by atoms with Crippen molar-refractivity contribution < 1.29 is 13.9 Å². The lowest BCUT2D eigenvalue weighted by molar-refractivity contribution is 0.0998. The van der Waals surface area contributed by atoms with Crippen LogP contribution in [0.5, 0.6) is 5.75 Å². The number of aromatic nitrogens is 1. The number of carbonyl (C=O) groups excluding carboxylic acids is 1. The molecule has 2 heterocycles. The summed E-state index contributed by atoms with van der Waals surface area (Å²) >= 11 is 0. The van der Waals surface area contributed by atoms with E-state index in [4.69, 9.17) is 9.15 Å². The smallest absolute Gasteiger partial charge is 0.291 e. The highest BCUT2D eigenvalue weighted by molar-refractivity contribution is 6.04. The molecule has 1 aromatic carbocycles. The van der Waals surface area contributed by atoms with Gasteiger partial charge < -0.3 is 14.5 Å². The average Bonchev–Trinajstić information content (AvgIpc) is 2.92. The highest BCUT2D eigenvalue weighted by atomic mass is 16.5. The first-order valence-corrected chi connectivity index (χ1v) is 6.06. The summed E-state index contributed by atoms with van der Waals surface area (Å²) < 4.78 is 10.5. The second-order valence-electron chi connectivity index (χ2n) is 4.18. The molecule has 0 fully saturated rings. The minimum absolute atomic E-state index is 0.231. The van der Waals surface area contributed by atoms with E-state index >= 15 is 0 Å². The van der Waals surface area contributed by atoms with Gasteiger partial charge in [0.1, 0.15) is 11.3 Å². The maximum Gasteiger partial charge on any atom is 0.291 e. The van der Waals surface area contributed by atoms with Crippen molar-refractivity contribution in [3.8, 4) is 5.75 Å². The fourth-order valence-electron chi connectivity index (χ4n) is 1.85. The van der Waals surface area contributed by atoms with Crippen molar-refractivity contribution in [1.29, 1.82) is 0 Å². The molecule has 0 atom stereocenters. The largest absolute Gasteiger partial charge is 0.497 e. The van der Waals surface area contributed by atoms with Crippen molar-refractivity contribution in [3.63, 3.8) is 0 Å². The minimum atomic E-state index is -0.312. The van der Waals surface area contributed by atoms with Crippen LogP contribution < -0.4 is 10.1 Å². The Hall–Kier alpha value is -2.82. The fourth-order valence-corrected chi connectivity index (χ4v) is 1.85. The first kappa shape index (κ1) is 12.2. The van der Waals surface area contributed by atoms with Crippen LogP contribution in [0.4, 0.5) is 5.69 Å². The molecule has 20 heavy (non-hydrogen) atoms.